The molecule has 0 radical (unpaired) electrons. The van der Waals surface area contributed by atoms with Gasteiger partial charge in [0.25, 0.3) is 0 Å². The molecule has 5 nitrogen and oxygen atoms in total. The molecule has 1 N–H and O–H groups in total. The van der Waals surface area contributed by atoms with E-state index in [1.165, 1.54) is 89.9 Å². The topological polar surface area (TPSA) is 65.0 Å². The molecule has 1 aliphatic heterocycles. The van der Waals surface area contributed by atoms with E-state index in [2.05, 4.69) is 11.7 Å². The second kappa shape index (κ2) is 17.3. The van der Waals surface area contributed by atoms with Crippen LogP contribution >= 0.6 is 0 Å². The molecule has 27 heavy (non-hydrogen) atoms. The Balaban J connectivity index is 1.75. The van der Waals surface area contributed by atoms with Crippen LogP contribution < -0.4 is 0 Å². The fraction of sp³-hybridized carbons (Fsp3) is 0.955. The number of carboxylic acid groups (broad SMARTS) is 1. The Labute approximate surface area is 166 Å². The van der Waals surface area contributed by atoms with Gasteiger partial charge < -0.3 is 19.3 Å². The predicted octanol–water partition coefficient (Wildman–Crippen LogP) is 6.68. The van der Waals surface area contributed by atoms with Crippen molar-refractivity contribution in [3.63, 3.8) is 0 Å². The summed E-state index contributed by atoms with van der Waals surface area (Å²) in [7, 11) is 0. The van der Waals surface area contributed by atoms with Crippen LogP contribution in [0.2, 0.25) is 0 Å². The standard InChI is InChI=1S/C22H42O5/c1-2-3-4-5-6-7-8-9-10-11-12-13-14-15-16-17-21-25-18-20(27-21)19-26-22(23)24/h20-21H,2-19H2,1H3,(H,23,24). The number of ether oxygens (including phenoxy) is 3. The largest absolute Gasteiger partial charge is 0.505 e. The number of hydrogen-bond donors (Lipinski definition) is 1. The third-order valence-corrected chi connectivity index (χ3v) is 5.25. The lowest BCUT2D eigenvalue weighted by molar-refractivity contribution is -0.0727. The highest BCUT2D eigenvalue weighted by Crippen LogP contribution is 2.19. The molecule has 1 rings (SSSR count). The Morgan fingerprint density at radius 3 is 1.81 bits per heavy atom. The molecule has 0 aromatic rings. The van der Waals surface area contributed by atoms with Crippen molar-refractivity contribution in [3.05, 3.63) is 0 Å². The Hall–Kier alpha value is -0.810. The maximum absolute atomic E-state index is 10.3. The highest BCUT2D eigenvalue weighted by Gasteiger charge is 2.26. The Kier molecular flexibility index (Phi) is 15.5. The highest BCUT2D eigenvalue weighted by molar-refractivity contribution is 5.56. The van der Waals surface area contributed by atoms with Crippen LogP contribution in [0.25, 0.3) is 0 Å². The Morgan fingerprint density at radius 2 is 1.33 bits per heavy atom. The van der Waals surface area contributed by atoms with Crippen LogP contribution in [0.4, 0.5) is 4.79 Å². The third-order valence-electron chi connectivity index (χ3n) is 5.25. The van der Waals surface area contributed by atoms with Gasteiger partial charge in [0, 0.05) is 0 Å². The highest BCUT2D eigenvalue weighted by atomic mass is 16.7. The molecule has 0 aromatic heterocycles. The first kappa shape index (κ1) is 24.2. The van der Waals surface area contributed by atoms with Crippen molar-refractivity contribution in [2.24, 2.45) is 0 Å². The van der Waals surface area contributed by atoms with E-state index in [1.807, 2.05) is 0 Å². The summed E-state index contributed by atoms with van der Waals surface area (Å²) in [5, 5.41) is 8.47. The Morgan fingerprint density at radius 1 is 0.852 bits per heavy atom. The fourth-order valence-electron chi connectivity index (χ4n) is 3.59. The first-order chi connectivity index (χ1) is 13.2. The molecule has 1 aliphatic rings. The molecule has 0 bridgehead atoms. The number of rotatable bonds is 18. The van der Waals surface area contributed by atoms with Crippen LogP contribution in [0.5, 0.6) is 0 Å². The van der Waals surface area contributed by atoms with Crippen molar-refractivity contribution in [1.82, 2.24) is 0 Å². The van der Waals surface area contributed by atoms with Crippen molar-refractivity contribution in [3.8, 4) is 0 Å². The van der Waals surface area contributed by atoms with Crippen LogP contribution in [0, 0.1) is 0 Å². The number of carbonyl (C=O) groups is 1. The molecular weight excluding hydrogens is 344 g/mol. The zero-order valence-electron chi connectivity index (χ0n) is 17.5. The molecule has 0 spiro atoms. The normalized spacial score (nSPS) is 19.4. The van der Waals surface area contributed by atoms with Crippen molar-refractivity contribution < 1.29 is 24.1 Å². The van der Waals surface area contributed by atoms with Gasteiger partial charge in [-0.05, 0) is 12.8 Å². The molecular formula is C22H42O5. The monoisotopic (exact) mass is 386 g/mol. The first-order valence-electron chi connectivity index (χ1n) is 11.3. The molecule has 1 saturated heterocycles. The van der Waals surface area contributed by atoms with Crippen LogP contribution in [0.15, 0.2) is 0 Å². The lowest BCUT2D eigenvalue weighted by Crippen LogP contribution is -2.20. The van der Waals surface area contributed by atoms with Crippen LogP contribution in [0.3, 0.4) is 0 Å². The van der Waals surface area contributed by atoms with Crippen LogP contribution in [-0.2, 0) is 14.2 Å². The van der Waals surface area contributed by atoms with Crippen LogP contribution in [0.1, 0.15) is 110 Å². The Bertz CT molecular complexity index is 348. The summed E-state index contributed by atoms with van der Waals surface area (Å²) >= 11 is 0. The second-order valence-corrected chi connectivity index (χ2v) is 7.84. The molecule has 5 heteroatoms. The molecule has 1 fully saturated rings. The van der Waals surface area contributed by atoms with Gasteiger partial charge >= 0.3 is 6.16 Å². The molecule has 0 amide bonds. The summed E-state index contributed by atoms with van der Waals surface area (Å²) in [5.74, 6) is 0. The van der Waals surface area contributed by atoms with Crippen LogP contribution in [-0.4, -0.2) is 36.9 Å². The number of hydrogen-bond acceptors (Lipinski definition) is 4. The molecule has 160 valence electrons. The lowest BCUT2D eigenvalue weighted by Gasteiger charge is -2.10. The summed E-state index contributed by atoms with van der Waals surface area (Å²) in [6.07, 6.45) is 19.6. The van der Waals surface area contributed by atoms with E-state index in [0.29, 0.717) is 6.61 Å². The summed E-state index contributed by atoms with van der Waals surface area (Å²) in [6, 6.07) is 0. The fourth-order valence-corrected chi connectivity index (χ4v) is 3.59. The molecule has 1 heterocycles. The van der Waals surface area contributed by atoms with Gasteiger partial charge in [-0.25, -0.2) is 4.79 Å². The van der Waals surface area contributed by atoms with Gasteiger partial charge in [0.05, 0.1) is 6.61 Å². The van der Waals surface area contributed by atoms with Crippen molar-refractivity contribution in [2.75, 3.05) is 13.2 Å². The number of unbranched alkanes of at least 4 members (excludes halogenated alkanes) is 14. The van der Waals surface area contributed by atoms with Crippen molar-refractivity contribution in [2.45, 2.75) is 122 Å². The third kappa shape index (κ3) is 14.9. The molecule has 0 aliphatic carbocycles. The zero-order chi connectivity index (χ0) is 19.6. The quantitative estimate of drug-likeness (QED) is 0.210. The van der Waals surface area contributed by atoms with Gasteiger partial charge in [0.1, 0.15) is 12.7 Å². The minimum atomic E-state index is -1.26. The summed E-state index contributed by atoms with van der Waals surface area (Å²) in [6.45, 7) is 2.76. The summed E-state index contributed by atoms with van der Waals surface area (Å²) < 4.78 is 15.7. The predicted molar refractivity (Wildman–Crippen MR) is 108 cm³/mol. The molecule has 2 unspecified atom stereocenters. The van der Waals surface area contributed by atoms with Gasteiger partial charge in [-0.1, -0.05) is 96.8 Å². The second-order valence-electron chi connectivity index (χ2n) is 7.84. The van der Waals surface area contributed by atoms with Gasteiger partial charge in [0.2, 0.25) is 0 Å². The summed E-state index contributed by atoms with van der Waals surface area (Å²) in [4.78, 5) is 10.3. The van der Waals surface area contributed by atoms with E-state index in [9.17, 15) is 4.79 Å². The molecule has 2 atom stereocenters. The zero-order valence-corrected chi connectivity index (χ0v) is 17.5. The minimum absolute atomic E-state index is 0.0602. The lowest BCUT2D eigenvalue weighted by atomic mass is 10.0. The van der Waals surface area contributed by atoms with Crippen molar-refractivity contribution in [1.29, 1.82) is 0 Å². The molecule has 0 aromatic carbocycles. The van der Waals surface area contributed by atoms with E-state index in [1.54, 1.807) is 0 Å². The average molecular weight is 387 g/mol. The van der Waals surface area contributed by atoms with Gasteiger partial charge in [-0.15, -0.1) is 0 Å². The van der Waals surface area contributed by atoms with E-state index >= 15 is 0 Å². The summed E-state index contributed by atoms with van der Waals surface area (Å²) in [5.41, 5.74) is 0. The molecule has 0 saturated carbocycles. The maximum atomic E-state index is 10.3. The average Bonchev–Trinajstić information content (AvgIpc) is 3.11. The minimum Gasteiger partial charge on any atom is -0.450 e. The van der Waals surface area contributed by atoms with E-state index < -0.39 is 6.16 Å². The van der Waals surface area contributed by atoms with E-state index in [0.717, 1.165) is 12.8 Å². The van der Waals surface area contributed by atoms with Gasteiger partial charge in [0.15, 0.2) is 6.29 Å². The van der Waals surface area contributed by atoms with Gasteiger partial charge in [-0.2, -0.15) is 0 Å². The first-order valence-corrected chi connectivity index (χ1v) is 11.3. The smallest absolute Gasteiger partial charge is 0.450 e. The van der Waals surface area contributed by atoms with Crippen molar-refractivity contribution >= 4 is 6.16 Å². The van der Waals surface area contributed by atoms with E-state index in [4.69, 9.17) is 14.6 Å². The van der Waals surface area contributed by atoms with E-state index in [-0.39, 0.29) is 19.0 Å². The maximum Gasteiger partial charge on any atom is 0.505 e. The van der Waals surface area contributed by atoms with Gasteiger partial charge in [-0.3, -0.25) is 0 Å². The SMILES string of the molecule is CCCCCCCCCCCCCCCCCC1OCC(COC(=O)O)O1.